The lowest BCUT2D eigenvalue weighted by Crippen LogP contribution is -2.01. The average Bonchev–Trinajstić information content (AvgIpc) is 2.37. The van der Waals surface area contributed by atoms with Gasteiger partial charge in [0.05, 0.1) is 0 Å². The average molecular weight is 337 g/mol. The van der Waals surface area contributed by atoms with Crippen LogP contribution in [0.4, 0.5) is 4.39 Å². The van der Waals surface area contributed by atoms with Gasteiger partial charge in [0, 0.05) is 10.0 Å². The first kappa shape index (κ1) is 15.0. The fourth-order valence-corrected chi connectivity index (χ4v) is 2.50. The van der Waals surface area contributed by atoms with Gasteiger partial charge in [0.2, 0.25) is 0 Å². The summed E-state index contributed by atoms with van der Waals surface area (Å²) in [5, 5.41) is 0. The highest BCUT2D eigenvalue weighted by Gasteiger charge is 2.09. The molecular weight excluding hydrogens is 319 g/mol. The Kier molecular flexibility index (Phi) is 4.81. The highest BCUT2D eigenvalue weighted by atomic mass is 79.9. The number of benzene rings is 2. The van der Waals surface area contributed by atoms with Crippen LogP contribution in [0.1, 0.15) is 36.5 Å². The summed E-state index contributed by atoms with van der Waals surface area (Å²) in [7, 11) is 0. The van der Waals surface area contributed by atoms with E-state index in [9.17, 15) is 4.39 Å². The van der Waals surface area contributed by atoms with Crippen LogP contribution >= 0.6 is 15.9 Å². The van der Waals surface area contributed by atoms with Crippen molar-refractivity contribution in [1.82, 2.24) is 0 Å². The Morgan fingerprint density at radius 1 is 1.15 bits per heavy atom. The third-order valence-electron chi connectivity index (χ3n) is 3.19. The molecule has 2 aromatic carbocycles. The van der Waals surface area contributed by atoms with E-state index < -0.39 is 0 Å². The third kappa shape index (κ3) is 3.60. The van der Waals surface area contributed by atoms with Gasteiger partial charge in [-0.3, -0.25) is 0 Å². The summed E-state index contributed by atoms with van der Waals surface area (Å²) in [6, 6.07) is 10.9. The molecule has 0 unspecified atom stereocenters. The quantitative estimate of drug-likeness (QED) is 0.706. The molecule has 3 heteroatoms. The zero-order valence-electron chi connectivity index (χ0n) is 11.9. The van der Waals surface area contributed by atoms with E-state index in [-0.39, 0.29) is 5.82 Å². The lowest BCUT2D eigenvalue weighted by Gasteiger charge is -2.15. The largest absolute Gasteiger partial charge is 0.489 e. The number of halogens is 2. The van der Waals surface area contributed by atoms with Crippen molar-refractivity contribution in [2.24, 2.45) is 0 Å². The molecule has 106 valence electrons. The highest BCUT2D eigenvalue weighted by Crippen LogP contribution is 2.29. The summed E-state index contributed by atoms with van der Waals surface area (Å²) in [5.74, 6) is 1.05. The van der Waals surface area contributed by atoms with Crippen molar-refractivity contribution in [2.45, 2.75) is 33.3 Å². The fraction of sp³-hybridized carbons (Fsp3) is 0.294. The summed E-state index contributed by atoms with van der Waals surface area (Å²) in [6.07, 6.45) is 0. The zero-order valence-corrected chi connectivity index (χ0v) is 13.5. The third-order valence-corrected chi connectivity index (χ3v) is 3.93. The summed E-state index contributed by atoms with van der Waals surface area (Å²) in [5.41, 5.74) is 3.29. The van der Waals surface area contributed by atoms with Crippen molar-refractivity contribution in [1.29, 1.82) is 0 Å². The van der Waals surface area contributed by atoms with Crippen LogP contribution in [0.3, 0.4) is 0 Å². The van der Waals surface area contributed by atoms with Gasteiger partial charge in [-0.15, -0.1) is 0 Å². The molecule has 0 radical (unpaired) electrons. The molecule has 0 aliphatic heterocycles. The van der Waals surface area contributed by atoms with Crippen molar-refractivity contribution in [2.75, 3.05) is 0 Å². The van der Waals surface area contributed by atoms with Gasteiger partial charge in [-0.1, -0.05) is 48.0 Å². The van der Waals surface area contributed by atoms with Gasteiger partial charge in [-0.2, -0.15) is 0 Å². The molecule has 0 aliphatic rings. The molecule has 0 spiro atoms. The number of hydrogen-bond donors (Lipinski definition) is 0. The fourth-order valence-electron chi connectivity index (χ4n) is 2.04. The molecule has 0 N–H and O–H groups in total. The molecule has 0 aromatic heterocycles. The second-order valence-electron chi connectivity index (χ2n) is 5.22. The van der Waals surface area contributed by atoms with E-state index in [4.69, 9.17) is 4.74 Å². The van der Waals surface area contributed by atoms with E-state index in [2.05, 4.69) is 41.9 Å². The Morgan fingerprint density at radius 2 is 1.90 bits per heavy atom. The van der Waals surface area contributed by atoms with Gasteiger partial charge in [0.25, 0.3) is 0 Å². The minimum absolute atomic E-state index is 0.251. The molecule has 0 amide bonds. The lowest BCUT2D eigenvalue weighted by molar-refractivity contribution is 0.300. The maximum Gasteiger partial charge on any atom is 0.124 e. The molecule has 2 aromatic rings. The summed E-state index contributed by atoms with van der Waals surface area (Å²) in [4.78, 5) is 0. The molecule has 2 rings (SSSR count). The Morgan fingerprint density at radius 3 is 2.55 bits per heavy atom. The van der Waals surface area contributed by atoms with Gasteiger partial charge in [0.15, 0.2) is 0 Å². The van der Waals surface area contributed by atoms with Crippen LogP contribution in [-0.2, 0) is 6.61 Å². The predicted octanol–water partition coefficient (Wildman–Crippen LogP) is 5.60. The van der Waals surface area contributed by atoms with E-state index in [1.807, 2.05) is 13.0 Å². The van der Waals surface area contributed by atoms with E-state index in [1.165, 1.54) is 23.3 Å². The van der Waals surface area contributed by atoms with Crippen LogP contribution < -0.4 is 4.74 Å². The monoisotopic (exact) mass is 336 g/mol. The van der Waals surface area contributed by atoms with Crippen LogP contribution in [-0.4, -0.2) is 0 Å². The smallest absolute Gasteiger partial charge is 0.124 e. The first-order chi connectivity index (χ1) is 9.47. The first-order valence-corrected chi connectivity index (χ1v) is 7.44. The summed E-state index contributed by atoms with van der Waals surface area (Å²) in [6.45, 7) is 6.76. The van der Waals surface area contributed by atoms with Crippen LogP contribution in [0.2, 0.25) is 0 Å². The van der Waals surface area contributed by atoms with Crippen molar-refractivity contribution >= 4 is 15.9 Å². The maximum absolute atomic E-state index is 13.1. The van der Waals surface area contributed by atoms with Crippen LogP contribution in [0.5, 0.6) is 5.75 Å². The Bertz CT molecular complexity index is 608. The van der Waals surface area contributed by atoms with Gasteiger partial charge >= 0.3 is 0 Å². The molecule has 0 saturated carbocycles. The van der Waals surface area contributed by atoms with E-state index in [1.54, 1.807) is 6.07 Å². The summed E-state index contributed by atoms with van der Waals surface area (Å²) < 4.78 is 19.7. The molecule has 0 bridgehead atoms. The minimum Gasteiger partial charge on any atom is -0.489 e. The summed E-state index contributed by atoms with van der Waals surface area (Å²) >= 11 is 3.36. The van der Waals surface area contributed by atoms with Crippen LogP contribution in [0.15, 0.2) is 40.9 Å². The lowest BCUT2D eigenvalue weighted by atomic mass is 10.0. The highest BCUT2D eigenvalue weighted by molar-refractivity contribution is 9.10. The SMILES string of the molecule is Cc1ccc(C(C)C)c(OCc2ccc(F)cc2Br)c1. The second kappa shape index (κ2) is 6.40. The predicted molar refractivity (Wildman–Crippen MR) is 83.7 cm³/mol. The van der Waals surface area contributed by atoms with Crippen molar-refractivity contribution < 1.29 is 9.13 Å². The molecule has 0 fully saturated rings. The molecule has 0 saturated heterocycles. The number of ether oxygens (including phenoxy) is 1. The first-order valence-electron chi connectivity index (χ1n) is 6.64. The zero-order chi connectivity index (χ0) is 14.7. The number of hydrogen-bond acceptors (Lipinski definition) is 1. The normalized spacial score (nSPS) is 10.9. The maximum atomic E-state index is 13.1. The van der Waals surface area contributed by atoms with E-state index >= 15 is 0 Å². The van der Waals surface area contributed by atoms with Crippen LogP contribution in [0, 0.1) is 12.7 Å². The number of aryl methyl sites for hydroxylation is 1. The molecule has 0 heterocycles. The van der Waals surface area contributed by atoms with Crippen molar-refractivity contribution in [3.8, 4) is 5.75 Å². The molecular formula is C17H18BrFO. The van der Waals surface area contributed by atoms with E-state index in [0.29, 0.717) is 12.5 Å². The molecule has 0 atom stereocenters. The van der Waals surface area contributed by atoms with Crippen molar-refractivity contribution in [3.05, 3.63) is 63.4 Å². The van der Waals surface area contributed by atoms with Gasteiger partial charge < -0.3 is 4.74 Å². The standard InChI is InChI=1S/C17H18BrFO/c1-11(2)15-7-4-12(3)8-17(15)20-10-13-5-6-14(19)9-16(13)18/h4-9,11H,10H2,1-3H3. The second-order valence-corrected chi connectivity index (χ2v) is 6.07. The molecule has 20 heavy (non-hydrogen) atoms. The Hall–Kier alpha value is -1.35. The van der Waals surface area contributed by atoms with Gasteiger partial charge in [-0.05, 0) is 42.2 Å². The van der Waals surface area contributed by atoms with Gasteiger partial charge in [0.1, 0.15) is 18.2 Å². The Balaban J connectivity index is 2.20. The molecule has 0 aliphatic carbocycles. The Labute approximate surface area is 127 Å². The molecule has 1 nitrogen and oxygen atoms in total. The van der Waals surface area contributed by atoms with Crippen LogP contribution in [0.25, 0.3) is 0 Å². The van der Waals surface area contributed by atoms with Gasteiger partial charge in [-0.25, -0.2) is 4.39 Å². The van der Waals surface area contributed by atoms with Crippen molar-refractivity contribution in [3.63, 3.8) is 0 Å². The number of rotatable bonds is 4. The topological polar surface area (TPSA) is 9.23 Å². The van der Waals surface area contributed by atoms with E-state index in [0.717, 1.165) is 15.8 Å². The minimum atomic E-state index is -0.251.